The van der Waals surface area contributed by atoms with Crippen LogP contribution in [-0.2, 0) is 0 Å². The minimum atomic E-state index is -0.0523. The van der Waals surface area contributed by atoms with Crippen LogP contribution in [0.4, 0.5) is 0 Å². The minimum absolute atomic E-state index is 0.0523. The van der Waals surface area contributed by atoms with Crippen molar-refractivity contribution in [3.63, 3.8) is 0 Å². The zero-order chi connectivity index (χ0) is 21.5. The molecule has 4 aliphatic rings. The van der Waals surface area contributed by atoms with E-state index < -0.39 is 0 Å². The number of allylic oxidation sites excluding steroid dienone is 1. The number of rotatable bonds is 7. The van der Waals surface area contributed by atoms with Crippen LogP contribution >= 0.6 is 0 Å². The quantitative estimate of drug-likeness (QED) is 0.298. The van der Waals surface area contributed by atoms with Gasteiger partial charge in [-0.05, 0) is 0 Å². The van der Waals surface area contributed by atoms with E-state index in [1.165, 1.54) is 63.1 Å². The topological polar surface area (TPSA) is 20.2 Å². The van der Waals surface area contributed by atoms with Gasteiger partial charge in [-0.1, -0.05) is 13.8 Å². The molecule has 0 radical (unpaired) electrons. The third kappa shape index (κ3) is 4.36. The van der Waals surface area contributed by atoms with Crippen LogP contribution in [0.3, 0.4) is 0 Å². The molecule has 2 fully saturated rings. The molecule has 0 aromatic heterocycles. The summed E-state index contributed by atoms with van der Waals surface area (Å²) < 4.78 is 0. The molecule has 2 heteroatoms. The molecule has 0 saturated heterocycles. The van der Waals surface area contributed by atoms with Crippen LogP contribution < -0.4 is 0 Å². The second-order valence-corrected chi connectivity index (χ2v) is 14.2. The molecule has 4 aliphatic carbocycles. The molecule has 0 aromatic rings. The number of hydrogen-bond donors (Lipinski definition) is 1. The molecule has 0 unspecified atom stereocenters. The van der Waals surface area contributed by atoms with Crippen molar-refractivity contribution in [2.24, 2.45) is 46.8 Å². The summed E-state index contributed by atoms with van der Waals surface area (Å²) in [6.45, 7) is 10.1. The van der Waals surface area contributed by atoms with E-state index in [0.29, 0.717) is 5.41 Å². The van der Waals surface area contributed by atoms with Crippen molar-refractivity contribution in [3.05, 3.63) is 11.1 Å². The third-order valence-corrected chi connectivity index (χ3v) is 11.7. The normalized spacial score (nSPS) is 42.1. The van der Waals surface area contributed by atoms with Crippen LogP contribution in [-0.4, -0.2) is 26.2 Å². The predicted octanol–water partition coefficient (Wildman–Crippen LogP) is 7.54. The Kier molecular flexibility index (Phi) is 7.49. The Morgan fingerprint density at radius 2 is 1.87 bits per heavy atom. The molecule has 172 valence electrons. The number of hydrogen-bond acceptors (Lipinski definition) is 1. The second kappa shape index (κ2) is 9.60. The van der Waals surface area contributed by atoms with Gasteiger partial charge in [0.15, 0.2) is 0 Å². The van der Waals surface area contributed by atoms with E-state index in [1.807, 2.05) is 5.57 Å². The second-order valence-electron chi connectivity index (χ2n) is 12.2. The van der Waals surface area contributed by atoms with Crippen LogP contribution in [0.1, 0.15) is 98.3 Å². The summed E-state index contributed by atoms with van der Waals surface area (Å²) >= 11 is 0.749. The van der Waals surface area contributed by atoms with E-state index in [0.717, 1.165) is 69.2 Å². The van der Waals surface area contributed by atoms with Crippen molar-refractivity contribution in [3.8, 4) is 0 Å². The molecule has 1 nitrogen and oxygen atoms in total. The number of aliphatic hydroxyl groups excluding tert-OH is 1. The summed E-state index contributed by atoms with van der Waals surface area (Å²) in [5.41, 5.74) is 4.22. The van der Waals surface area contributed by atoms with Gasteiger partial charge >= 0.3 is 180 Å². The first-order valence-corrected chi connectivity index (χ1v) is 16.2. The maximum atomic E-state index is 10.4. The first-order valence-electron chi connectivity index (χ1n) is 13.2. The van der Waals surface area contributed by atoms with Crippen LogP contribution in [0.15, 0.2) is 11.1 Å². The van der Waals surface area contributed by atoms with Crippen molar-refractivity contribution in [2.75, 3.05) is 0 Å². The summed E-state index contributed by atoms with van der Waals surface area (Å²) in [7, 11) is 0. The number of fused-ring (bicyclic) bond motifs is 4. The molecule has 2 saturated carbocycles. The van der Waals surface area contributed by atoms with E-state index in [9.17, 15) is 5.11 Å². The summed E-state index contributed by atoms with van der Waals surface area (Å²) in [6.07, 6.45) is 14.9. The van der Waals surface area contributed by atoms with Gasteiger partial charge in [-0.3, -0.25) is 0 Å². The van der Waals surface area contributed by atoms with Crippen molar-refractivity contribution < 1.29 is 5.11 Å². The van der Waals surface area contributed by atoms with E-state index in [1.54, 1.807) is 5.57 Å². The summed E-state index contributed by atoms with van der Waals surface area (Å²) in [5.74, 6) is 8.77. The van der Waals surface area contributed by atoms with E-state index in [-0.39, 0.29) is 6.10 Å². The fraction of sp³-hybridized carbons (Fsp3) is 0.929. The Hall–Kier alpha value is 0.219. The molecule has 0 spiro atoms. The summed E-state index contributed by atoms with van der Waals surface area (Å²) in [4.78, 5) is 0. The van der Waals surface area contributed by atoms with Gasteiger partial charge in [0.1, 0.15) is 0 Å². The van der Waals surface area contributed by atoms with Gasteiger partial charge in [-0.25, -0.2) is 0 Å². The van der Waals surface area contributed by atoms with E-state index in [2.05, 4.69) is 33.5 Å². The third-order valence-electron chi connectivity index (χ3n) is 10.1. The molecular weight excluding hydrogens is 427 g/mol. The fourth-order valence-corrected chi connectivity index (χ4v) is 10.3. The first-order chi connectivity index (χ1) is 14.3. The van der Waals surface area contributed by atoms with Gasteiger partial charge in [0.05, 0.1) is 0 Å². The molecule has 8 atom stereocenters. The van der Waals surface area contributed by atoms with Crippen molar-refractivity contribution in [2.45, 2.75) is 116 Å². The molecule has 0 heterocycles. The standard InChI is InChI=1S/C28H48OSe/c1-18(2)7-6-8-19(3)26-11-12-27-25-15-20(17-30-5)24-16-21(29)9-10-22(24)23(25)13-14-28(26,27)4/h18-21,23,25-27,29H,6-17H2,1-5H3/t19-,20+,21+,23-,25-,26-,27+,28-/m1/s1/i30-4. The Morgan fingerprint density at radius 3 is 2.60 bits per heavy atom. The average molecular weight is 476 g/mol. The Bertz CT molecular complexity index is 624. The van der Waals surface area contributed by atoms with Crippen LogP contribution in [0.2, 0.25) is 11.1 Å². The van der Waals surface area contributed by atoms with E-state index in [4.69, 9.17) is 0 Å². The van der Waals surface area contributed by atoms with Gasteiger partial charge < -0.3 is 0 Å². The van der Waals surface area contributed by atoms with Gasteiger partial charge in [-0.2, -0.15) is 0 Å². The Morgan fingerprint density at radius 1 is 1.07 bits per heavy atom. The maximum absolute atomic E-state index is 10.4. The Balaban J connectivity index is 1.52. The Labute approximate surface area is 193 Å². The molecule has 0 amide bonds. The van der Waals surface area contributed by atoms with Crippen LogP contribution in [0, 0.1) is 46.8 Å². The van der Waals surface area contributed by atoms with E-state index >= 15 is 0 Å². The molecule has 30 heavy (non-hydrogen) atoms. The van der Waals surface area contributed by atoms with Gasteiger partial charge in [-0.15, -0.1) is 0 Å². The fourth-order valence-electron chi connectivity index (χ4n) is 8.74. The van der Waals surface area contributed by atoms with Gasteiger partial charge in [0.2, 0.25) is 0 Å². The first kappa shape index (κ1) is 23.4. The van der Waals surface area contributed by atoms with Gasteiger partial charge in [0, 0.05) is 0 Å². The zero-order valence-corrected chi connectivity index (χ0v) is 22.2. The molecular formula is C28H48OSe. The molecule has 0 bridgehead atoms. The number of aliphatic hydroxyl groups is 1. The zero-order valence-electron chi connectivity index (χ0n) is 20.5. The predicted molar refractivity (Wildman–Crippen MR) is 130 cm³/mol. The van der Waals surface area contributed by atoms with Crippen molar-refractivity contribution in [1.29, 1.82) is 0 Å². The van der Waals surface area contributed by atoms with Crippen molar-refractivity contribution in [1.82, 2.24) is 0 Å². The van der Waals surface area contributed by atoms with Crippen molar-refractivity contribution >= 4 is 15.0 Å². The molecule has 0 aromatic carbocycles. The average Bonchev–Trinajstić information content (AvgIpc) is 3.05. The SMILES string of the molecule is C[75Se]C[C@@H]1C[C@@H]2[C@H](CC[C@]3(C)[C@@H]([C@H](C)CCCC(C)C)CC[C@@H]23)C2=C1C[C@@H](O)CC2. The van der Waals surface area contributed by atoms with Gasteiger partial charge in [0.25, 0.3) is 0 Å². The molecule has 0 aliphatic heterocycles. The van der Waals surface area contributed by atoms with Crippen LogP contribution in [0.5, 0.6) is 0 Å². The van der Waals surface area contributed by atoms with Crippen LogP contribution in [0.25, 0.3) is 0 Å². The molecule has 1 N–H and O–H groups in total. The summed E-state index contributed by atoms with van der Waals surface area (Å²) in [6, 6.07) is 0. The molecule has 4 rings (SSSR count). The summed E-state index contributed by atoms with van der Waals surface area (Å²) in [5, 5.41) is 11.8. The monoisotopic (exact) mass is 475 g/mol.